The zero-order valence-electron chi connectivity index (χ0n) is 22.1. The number of hydrogen-bond donors (Lipinski definition) is 6. The molecule has 0 spiro atoms. The summed E-state index contributed by atoms with van der Waals surface area (Å²) in [7, 11) is 0. The Bertz CT molecular complexity index is 1150. The summed E-state index contributed by atoms with van der Waals surface area (Å²) in [6.07, 6.45) is -5.84. The second-order valence-corrected chi connectivity index (χ2v) is 10.9. The van der Waals surface area contributed by atoms with Crippen LogP contribution in [0, 0.1) is 11.7 Å². The summed E-state index contributed by atoms with van der Waals surface area (Å²) in [5, 5.41) is 54.0. The molecule has 41 heavy (non-hydrogen) atoms. The van der Waals surface area contributed by atoms with E-state index in [9.17, 15) is 39.1 Å². The first-order valence-electron chi connectivity index (χ1n) is 13.7. The van der Waals surface area contributed by atoms with Gasteiger partial charge in [-0.1, -0.05) is 6.08 Å². The number of benzene rings is 1. The Labute approximate surface area is 235 Å². The Hall–Kier alpha value is -2.49. The normalized spacial score (nSPS) is 36.3. The van der Waals surface area contributed by atoms with Gasteiger partial charge in [0, 0.05) is 19.0 Å². The summed E-state index contributed by atoms with van der Waals surface area (Å²) in [5.41, 5.74) is 0.729. The minimum absolute atomic E-state index is 0.0600. The average molecular weight is 584 g/mol. The summed E-state index contributed by atoms with van der Waals surface area (Å²) < 4.78 is 50.6. The molecule has 1 aromatic rings. The maximum absolute atomic E-state index is 13.7. The standard InChI is InChI=1S/C28H35F2NO10/c29-15-3-7-18-13(9-15)1-5-20(38-18)17(32)11-31-12-22(21-6-2-14-10-16(30)4-8-19(14)39-21)40-28-25(35)23(33)24(34)26(41-28)27(36)37/h3-4,7-10,14,17,19-26,28,31-35H,1-2,5-6,11-12H2,(H,36,37). The zero-order chi connectivity index (χ0) is 29.3. The molecule has 0 bridgehead atoms. The molecule has 0 amide bonds. The maximum atomic E-state index is 13.7. The zero-order valence-corrected chi connectivity index (χ0v) is 22.1. The van der Waals surface area contributed by atoms with E-state index in [1.165, 1.54) is 30.4 Å². The lowest BCUT2D eigenvalue weighted by molar-refractivity contribution is -0.313. The maximum Gasteiger partial charge on any atom is 0.335 e. The van der Waals surface area contributed by atoms with Gasteiger partial charge in [0.2, 0.25) is 0 Å². The smallest absolute Gasteiger partial charge is 0.335 e. The summed E-state index contributed by atoms with van der Waals surface area (Å²) in [4.78, 5) is 11.6. The molecule has 11 atom stereocenters. The van der Waals surface area contributed by atoms with Gasteiger partial charge in [0.1, 0.15) is 47.9 Å². The second-order valence-electron chi connectivity index (χ2n) is 10.9. The fourth-order valence-electron chi connectivity index (χ4n) is 5.74. The highest BCUT2D eigenvalue weighted by Gasteiger charge is 2.49. The van der Waals surface area contributed by atoms with Crippen LogP contribution in [-0.4, -0.2) is 106 Å². The van der Waals surface area contributed by atoms with E-state index >= 15 is 0 Å². The lowest BCUT2D eigenvalue weighted by atomic mass is 9.87. The summed E-state index contributed by atoms with van der Waals surface area (Å²) in [5.74, 6) is -1.90. The van der Waals surface area contributed by atoms with Crippen LogP contribution in [0.25, 0.3) is 0 Å². The van der Waals surface area contributed by atoms with Crippen molar-refractivity contribution in [1.82, 2.24) is 5.32 Å². The Morgan fingerprint density at radius 3 is 2.63 bits per heavy atom. The molecule has 0 radical (unpaired) electrons. The molecule has 11 unspecified atom stereocenters. The number of nitrogens with one attached hydrogen (secondary N) is 1. The van der Waals surface area contributed by atoms with Crippen molar-refractivity contribution in [1.29, 1.82) is 0 Å². The highest BCUT2D eigenvalue weighted by atomic mass is 19.1. The Morgan fingerprint density at radius 1 is 1.05 bits per heavy atom. The van der Waals surface area contributed by atoms with Crippen molar-refractivity contribution in [3.8, 4) is 5.75 Å². The van der Waals surface area contributed by atoms with Gasteiger partial charge in [-0.15, -0.1) is 0 Å². The van der Waals surface area contributed by atoms with Crippen LogP contribution in [0.4, 0.5) is 8.78 Å². The predicted octanol–water partition coefficient (Wildman–Crippen LogP) is 0.334. The number of halogens is 2. The summed E-state index contributed by atoms with van der Waals surface area (Å²) in [6, 6.07) is 4.23. The highest BCUT2D eigenvalue weighted by molar-refractivity contribution is 5.73. The van der Waals surface area contributed by atoms with Crippen molar-refractivity contribution >= 4 is 5.97 Å². The van der Waals surface area contributed by atoms with E-state index < -0.39 is 67.2 Å². The third-order valence-electron chi connectivity index (χ3n) is 8.02. The molecule has 13 heteroatoms. The number of aryl methyl sites for hydroxylation is 1. The first-order valence-corrected chi connectivity index (χ1v) is 13.7. The van der Waals surface area contributed by atoms with E-state index in [-0.39, 0.29) is 30.7 Å². The van der Waals surface area contributed by atoms with Crippen molar-refractivity contribution in [2.24, 2.45) is 5.92 Å². The Morgan fingerprint density at radius 2 is 1.85 bits per heavy atom. The van der Waals surface area contributed by atoms with Gasteiger partial charge in [-0.05, 0) is 61.6 Å². The molecule has 2 fully saturated rings. The number of aliphatic hydroxyl groups is 4. The van der Waals surface area contributed by atoms with Gasteiger partial charge >= 0.3 is 5.97 Å². The molecular formula is C28H35F2NO10. The van der Waals surface area contributed by atoms with Crippen LogP contribution in [0.15, 0.2) is 42.3 Å². The molecule has 226 valence electrons. The number of allylic oxidation sites excluding steroid dienone is 2. The molecule has 11 nitrogen and oxygen atoms in total. The van der Waals surface area contributed by atoms with Crippen LogP contribution in [0.5, 0.6) is 5.75 Å². The van der Waals surface area contributed by atoms with Crippen LogP contribution in [0.1, 0.15) is 24.8 Å². The number of aliphatic hydroxyl groups excluding tert-OH is 4. The first-order chi connectivity index (χ1) is 19.6. The molecule has 3 heterocycles. The van der Waals surface area contributed by atoms with Crippen LogP contribution in [0.2, 0.25) is 0 Å². The van der Waals surface area contributed by atoms with Crippen LogP contribution < -0.4 is 10.1 Å². The number of ether oxygens (including phenoxy) is 4. The summed E-state index contributed by atoms with van der Waals surface area (Å²) in [6.45, 7) is 0.130. The van der Waals surface area contributed by atoms with Crippen LogP contribution in [-0.2, 0) is 25.4 Å². The SMILES string of the molecule is O=C(O)C1OC(OC(CNCC(O)C2CCc3cc(F)ccc3O2)C2CCC3C=C(F)C=CC3O2)C(O)C(O)C1O. The van der Waals surface area contributed by atoms with E-state index in [0.717, 1.165) is 5.56 Å². The molecular weight excluding hydrogens is 548 g/mol. The number of hydrogen-bond acceptors (Lipinski definition) is 10. The van der Waals surface area contributed by atoms with E-state index in [2.05, 4.69) is 5.32 Å². The Kier molecular flexibility index (Phi) is 9.36. The molecule has 0 aromatic heterocycles. The van der Waals surface area contributed by atoms with Gasteiger partial charge in [0.15, 0.2) is 12.4 Å². The van der Waals surface area contributed by atoms with E-state index in [4.69, 9.17) is 18.9 Å². The van der Waals surface area contributed by atoms with E-state index in [1.54, 1.807) is 6.08 Å². The molecule has 1 aromatic carbocycles. The van der Waals surface area contributed by atoms with Crippen LogP contribution >= 0.6 is 0 Å². The number of carbonyl (C=O) groups is 1. The highest BCUT2D eigenvalue weighted by Crippen LogP contribution is 2.34. The van der Waals surface area contributed by atoms with Gasteiger partial charge in [-0.25, -0.2) is 13.6 Å². The van der Waals surface area contributed by atoms with Gasteiger partial charge in [-0.3, -0.25) is 0 Å². The van der Waals surface area contributed by atoms with Gasteiger partial charge in [0.05, 0.1) is 18.3 Å². The third kappa shape index (κ3) is 6.78. The van der Waals surface area contributed by atoms with Gasteiger partial charge in [-0.2, -0.15) is 0 Å². The van der Waals surface area contributed by atoms with Crippen LogP contribution in [0.3, 0.4) is 0 Å². The Balaban J connectivity index is 1.24. The van der Waals surface area contributed by atoms with Crippen molar-refractivity contribution < 1.29 is 58.1 Å². The number of carboxylic acids is 1. The van der Waals surface area contributed by atoms with Gasteiger partial charge < -0.3 is 49.8 Å². The molecule has 0 saturated carbocycles. The lowest BCUT2D eigenvalue weighted by Crippen LogP contribution is -2.62. The van der Waals surface area contributed by atoms with Crippen molar-refractivity contribution in [2.45, 2.75) is 86.9 Å². The number of fused-ring (bicyclic) bond motifs is 2. The number of rotatable bonds is 9. The third-order valence-corrected chi connectivity index (χ3v) is 8.02. The van der Waals surface area contributed by atoms with Gasteiger partial charge in [0.25, 0.3) is 0 Å². The molecule has 6 N–H and O–H groups in total. The molecule has 5 rings (SSSR count). The molecule has 1 aliphatic carbocycles. The van der Waals surface area contributed by atoms with E-state index in [0.29, 0.717) is 31.4 Å². The number of aliphatic carboxylic acids is 1. The molecule has 3 aliphatic heterocycles. The predicted molar refractivity (Wildman–Crippen MR) is 137 cm³/mol. The minimum atomic E-state index is -1.87. The topological polar surface area (TPSA) is 167 Å². The molecule has 4 aliphatic rings. The average Bonchev–Trinajstić information content (AvgIpc) is 2.95. The molecule has 2 saturated heterocycles. The van der Waals surface area contributed by atoms with Crippen molar-refractivity contribution in [2.75, 3.05) is 13.1 Å². The second kappa shape index (κ2) is 12.8. The largest absolute Gasteiger partial charge is 0.487 e. The monoisotopic (exact) mass is 583 g/mol. The fourth-order valence-corrected chi connectivity index (χ4v) is 5.74. The number of carboxylic acid groups (broad SMARTS) is 1. The fraction of sp³-hybridized carbons (Fsp3) is 0.607. The first kappa shape index (κ1) is 30.0. The van der Waals surface area contributed by atoms with Crippen molar-refractivity contribution in [3.05, 3.63) is 53.6 Å². The quantitative estimate of drug-likeness (QED) is 0.237. The minimum Gasteiger partial charge on any atom is -0.487 e. The lowest BCUT2D eigenvalue weighted by Gasteiger charge is -2.43. The van der Waals surface area contributed by atoms with E-state index in [1.807, 2.05) is 0 Å². The summed E-state index contributed by atoms with van der Waals surface area (Å²) >= 11 is 0. The van der Waals surface area contributed by atoms with Crippen molar-refractivity contribution in [3.63, 3.8) is 0 Å².